The van der Waals surface area contributed by atoms with Crippen LogP contribution in [0.1, 0.15) is 33.1 Å². The van der Waals surface area contributed by atoms with E-state index in [1.54, 1.807) is 0 Å². The molecule has 80 valence electrons. The second kappa shape index (κ2) is 4.74. The molecule has 14 heavy (non-hydrogen) atoms. The predicted molar refractivity (Wildman–Crippen MR) is 59.3 cm³/mol. The fourth-order valence-corrected chi connectivity index (χ4v) is 2.07. The first-order valence-electron chi connectivity index (χ1n) is 5.43. The Hall–Kier alpha value is -0.630. The molecule has 0 bridgehead atoms. The number of carbonyl (C=O) groups excluding carboxylic acids is 1. The molecule has 0 aromatic carbocycles. The maximum atomic E-state index is 12.0. The highest BCUT2D eigenvalue weighted by Gasteiger charge is 2.30. The number of Topliss-reactive ketones (excluding diaryl/α,β-unsaturated/α-hetero) is 1. The van der Waals surface area contributed by atoms with Gasteiger partial charge in [-0.1, -0.05) is 12.5 Å². The first kappa shape index (κ1) is 11.4. The topological polar surface area (TPSA) is 20.3 Å². The zero-order valence-corrected chi connectivity index (χ0v) is 9.76. The first-order valence-corrected chi connectivity index (χ1v) is 5.43. The summed E-state index contributed by atoms with van der Waals surface area (Å²) in [5, 5.41) is 0. The molecule has 0 aromatic heterocycles. The Morgan fingerprint density at radius 1 is 1.50 bits per heavy atom. The summed E-state index contributed by atoms with van der Waals surface area (Å²) in [5.74, 6) is 0.652. The van der Waals surface area contributed by atoms with Crippen LogP contribution in [-0.4, -0.2) is 31.3 Å². The van der Waals surface area contributed by atoms with Gasteiger partial charge < -0.3 is 4.90 Å². The average molecular weight is 195 g/mol. The van der Waals surface area contributed by atoms with Crippen molar-refractivity contribution in [2.75, 3.05) is 20.6 Å². The van der Waals surface area contributed by atoms with Crippen molar-refractivity contribution in [2.24, 2.45) is 5.92 Å². The Morgan fingerprint density at radius 2 is 2.14 bits per heavy atom. The lowest BCUT2D eigenvalue weighted by atomic mass is 10.0. The van der Waals surface area contributed by atoms with E-state index in [1.165, 1.54) is 5.57 Å². The number of allylic oxidation sites excluding steroid dienone is 2. The number of carbonyl (C=O) groups is 1. The Kier molecular flexibility index (Phi) is 3.87. The minimum atomic E-state index is 0.251. The van der Waals surface area contributed by atoms with Gasteiger partial charge in [-0.05, 0) is 45.9 Å². The molecular weight excluding hydrogens is 174 g/mol. The smallest absolute Gasteiger partial charge is 0.163 e. The molecule has 0 saturated heterocycles. The van der Waals surface area contributed by atoms with E-state index in [1.807, 2.05) is 14.1 Å². The third-order valence-corrected chi connectivity index (χ3v) is 3.04. The molecule has 1 aliphatic rings. The van der Waals surface area contributed by atoms with E-state index < -0.39 is 0 Å². The van der Waals surface area contributed by atoms with Crippen LogP contribution in [0.25, 0.3) is 0 Å². The summed E-state index contributed by atoms with van der Waals surface area (Å²) in [4.78, 5) is 14.1. The minimum absolute atomic E-state index is 0.251. The van der Waals surface area contributed by atoms with Crippen LogP contribution >= 0.6 is 0 Å². The molecule has 0 amide bonds. The lowest BCUT2D eigenvalue weighted by Gasteiger charge is -2.14. The second-order valence-electron chi connectivity index (χ2n) is 4.47. The third kappa shape index (κ3) is 2.44. The number of hydrogen-bond acceptors (Lipinski definition) is 2. The summed E-state index contributed by atoms with van der Waals surface area (Å²) in [6, 6.07) is 0. The van der Waals surface area contributed by atoms with Gasteiger partial charge in [0.25, 0.3) is 0 Å². The van der Waals surface area contributed by atoms with Crippen molar-refractivity contribution < 1.29 is 4.79 Å². The number of hydrogen-bond donors (Lipinski definition) is 0. The summed E-state index contributed by atoms with van der Waals surface area (Å²) in [6.07, 6.45) is 3.05. The Balaban J connectivity index is 2.69. The molecular formula is C12H21NO. The summed E-state index contributed by atoms with van der Waals surface area (Å²) >= 11 is 0. The molecule has 0 heterocycles. The minimum Gasteiger partial charge on any atom is -0.309 e. The monoisotopic (exact) mass is 195 g/mol. The molecule has 0 aromatic rings. The Morgan fingerprint density at radius 3 is 2.64 bits per heavy atom. The normalized spacial score (nSPS) is 26.1. The van der Waals surface area contributed by atoms with Crippen LogP contribution in [0.15, 0.2) is 11.1 Å². The maximum absolute atomic E-state index is 12.0. The quantitative estimate of drug-likeness (QED) is 0.644. The zero-order chi connectivity index (χ0) is 10.7. The van der Waals surface area contributed by atoms with E-state index in [9.17, 15) is 4.79 Å². The zero-order valence-electron chi connectivity index (χ0n) is 9.76. The van der Waals surface area contributed by atoms with Crippen molar-refractivity contribution in [3.63, 3.8) is 0 Å². The van der Waals surface area contributed by atoms with Gasteiger partial charge in [0.05, 0.1) is 0 Å². The molecule has 1 saturated carbocycles. The van der Waals surface area contributed by atoms with Crippen LogP contribution in [0.4, 0.5) is 0 Å². The lowest BCUT2D eigenvalue weighted by Crippen LogP contribution is -2.24. The maximum Gasteiger partial charge on any atom is 0.163 e. The van der Waals surface area contributed by atoms with Gasteiger partial charge in [-0.15, -0.1) is 0 Å². The van der Waals surface area contributed by atoms with Crippen molar-refractivity contribution >= 4 is 5.78 Å². The highest BCUT2D eigenvalue weighted by molar-refractivity contribution is 6.00. The van der Waals surface area contributed by atoms with Crippen LogP contribution < -0.4 is 0 Å². The van der Waals surface area contributed by atoms with Crippen LogP contribution in [-0.2, 0) is 4.79 Å². The van der Waals surface area contributed by atoms with Gasteiger partial charge in [0, 0.05) is 12.5 Å². The molecule has 1 aliphatic carbocycles. The fourth-order valence-electron chi connectivity index (χ4n) is 2.07. The van der Waals surface area contributed by atoms with Gasteiger partial charge >= 0.3 is 0 Å². The molecule has 1 rings (SSSR count). The highest BCUT2D eigenvalue weighted by Crippen LogP contribution is 2.30. The first-order chi connectivity index (χ1) is 6.56. The Bertz CT molecular complexity index is 253. The van der Waals surface area contributed by atoms with Gasteiger partial charge in [-0.2, -0.15) is 0 Å². The van der Waals surface area contributed by atoms with Gasteiger partial charge in [0.2, 0.25) is 0 Å². The highest BCUT2D eigenvalue weighted by atomic mass is 16.1. The summed E-state index contributed by atoms with van der Waals surface area (Å²) in [7, 11) is 4.06. The fraction of sp³-hybridized carbons (Fsp3) is 0.750. The molecule has 1 fully saturated rings. The molecule has 0 N–H and O–H groups in total. The molecule has 0 radical (unpaired) electrons. The van der Waals surface area contributed by atoms with E-state index in [-0.39, 0.29) is 5.92 Å². The van der Waals surface area contributed by atoms with E-state index in [0.29, 0.717) is 5.78 Å². The average Bonchev–Trinajstić information content (AvgIpc) is 2.46. The molecule has 1 atom stereocenters. The van der Waals surface area contributed by atoms with Crippen molar-refractivity contribution in [3.05, 3.63) is 11.1 Å². The van der Waals surface area contributed by atoms with Crippen LogP contribution in [0.5, 0.6) is 0 Å². The van der Waals surface area contributed by atoms with Crippen LogP contribution in [0.2, 0.25) is 0 Å². The van der Waals surface area contributed by atoms with Gasteiger partial charge in [0.15, 0.2) is 5.78 Å². The second-order valence-corrected chi connectivity index (χ2v) is 4.47. The van der Waals surface area contributed by atoms with Crippen molar-refractivity contribution in [2.45, 2.75) is 33.1 Å². The van der Waals surface area contributed by atoms with Gasteiger partial charge in [0.1, 0.15) is 0 Å². The van der Waals surface area contributed by atoms with E-state index in [4.69, 9.17) is 0 Å². The predicted octanol–water partition coefficient (Wildman–Crippen LogP) is 2.25. The molecule has 2 heteroatoms. The lowest BCUT2D eigenvalue weighted by molar-refractivity contribution is -0.118. The van der Waals surface area contributed by atoms with Crippen molar-refractivity contribution in [3.8, 4) is 0 Å². The van der Waals surface area contributed by atoms with Crippen molar-refractivity contribution in [1.82, 2.24) is 4.90 Å². The number of rotatable bonds is 3. The summed E-state index contributed by atoms with van der Waals surface area (Å²) < 4.78 is 0. The van der Waals surface area contributed by atoms with Gasteiger partial charge in [-0.25, -0.2) is 0 Å². The van der Waals surface area contributed by atoms with Gasteiger partial charge in [-0.3, -0.25) is 4.79 Å². The summed E-state index contributed by atoms with van der Waals surface area (Å²) in [5.41, 5.74) is 2.40. The van der Waals surface area contributed by atoms with E-state index in [0.717, 1.165) is 31.4 Å². The largest absolute Gasteiger partial charge is 0.309 e. The summed E-state index contributed by atoms with van der Waals surface area (Å²) in [6.45, 7) is 5.11. The third-order valence-electron chi connectivity index (χ3n) is 3.04. The number of nitrogens with zero attached hydrogens (tertiary/aromatic N) is 1. The van der Waals surface area contributed by atoms with Crippen LogP contribution in [0, 0.1) is 5.92 Å². The van der Waals surface area contributed by atoms with E-state index in [2.05, 4.69) is 18.7 Å². The standard InChI is InChI=1S/C12H21NO/c1-5-9(2)11-7-6-10(12(11)14)8-13(3)4/h10H,5-8H2,1-4H3. The molecule has 1 unspecified atom stereocenters. The SMILES string of the molecule is CCC(C)=C1CCC(CN(C)C)C1=O. The van der Waals surface area contributed by atoms with E-state index >= 15 is 0 Å². The Labute approximate surface area is 87.0 Å². The molecule has 0 spiro atoms. The van der Waals surface area contributed by atoms with Crippen LogP contribution in [0.3, 0.4) is 0 Å². The van der Waals surface area contributed by atoms with Crippen molar-refractivity contribution in [1.29, 1.82) is 0 Å². The molecule has 0 aliphatic heterocycles. The molecule has 2 nitrogen and oxygen atoms in total. The number of ketones is 1.